The molecule has 2 rings (SSSR count). The molecule has 0 fully saturated rings. The number of halogens is 3. The van der Waals surface area contributed by atoms with Crippen molar-refractivity contribution in [2.75, 3.05) is 0 Å². The molecule has 2 heterocycles. The zero-order valence-corrected chi connectivity index (χ0v) is 15.2. The van der Waals surface area contributed by atoms with Crippen molar-refractivity contribution in [1.82, 2.24) is 0 Å². The summed E-state index contributed by atoms with van der Waals surface area (Å²) in [5.41, 5.74) is 3.68. The number of rotatable bonds is 2. The summed E-state index contributed by atoms with van der Waals surface area (Å²) in [6.45, 7) is 6.12. The van der Waals surface area contributed by atoms with Gasteiger partial charge in [0.05, 0.1) is 12.4 Å². The lowest BCUT2D eigenvalue weighted by Gasteiger charge is -2.09. The van der Waals surface area contributed by atoms with Gasteiger partial charge in [-0.3, -0.25) is 0 Å². The first-order valence-electron chi connectivity index (χ1n) is 5.07. The lowest BCUT2D eigenvalue weighted by Crippen LogP contribution is -1.94. The van der Waals surface area contributed by atoms with Crippen molar-refractivity contribution < 1.29 is 4.42 Å². The molecule has 17 heavy (non-hydrogen) atoms. The molecule has 2 aromatic rings. The minimum atomic E-state index is 0.164. The molecule has 1 unspecified atom stereocenters. The molecule has 0 bridgehead atoms. The summed E-state index contributed by atoms with van der Waals surface area (Å²) >= 11 is 12.6. The third-order valence-electron chi connectivity index (χ3n) is 2.83. The lowest BCUT2D eigenvalue weighted by atomic mass is 10.0. The molecule has 0 aliphatic carbocycles. The highest BCUT2D eigenvalue weighted by atomic mass is 79.9. The van der Waals surface area contributed by atoms with Crippen molar-refractivity contribution in [3.05, 3.63) is 41.9 Å². The molecule has 0 N–H and O–H groups in total. The fourth-order valence-electron chi connectivity index (χ4n) is 1.86. The molecule has 0 aliphatic heterocycles. The first kappa shape index (κ1) is 13.8. The number of thiophene rings is 1. The van der Waals surface area contributed by atoms with Crippen LogP contribution in [0.5, 0.6) is 0 Å². The van der Waals surface area contributed by atoms with Crippen LogP contribution in [0.3, 0.4) is 0 Å². The molecule has 0 aliphatic rings. The van der Waals surface area contributed by atoms with E-state index < -0.39 is 0 Å². The van der Waals surface area contributed by atoms with Gasteiger partial charge in [0.2, 0.25) is 0 Å². The highest BCUT2D eigenvalue weighted by molar-refractivity contribution is 9.12. The molecule has 0 saturated heterocycles. The molecular formula is C12H11Br3OS. The van der Waals surface area contributed by atoms with Crippen molar-refractivity contribution in [3.8, 4) is 0 Å². The van der Waals surface area contributed by atoms with E-state index in [1.54, 1.807) is 11.3 Å². The molecule has 0 radical (unpaired) electrons. The molecule has 92 valence electrons. The van der Waals surface area contributed by atoms with Crippen LogP contribution in [0.2, 0.25) is 0 Å². The van der Waals surface area contributed by atoms with Gasteiger partial charge in [-0.2, -0.15) is 0 Å². The van der Waals surface area contributed by atoms with Crippen molar-refractivity contribution in [2.24, 2.45) is 0 Å². The summed E-state index contributed by atoms with van der Waals surface area (Å²) < 4.78 is 7.95. The Morgan fingerprint density at radius 3 is 2.24 bits per heavy atom. The smallest absolute Gasteiger partial charge is 0.106 e. The Balaban J connectivity index is 2.50. The zero-order valence-electron chi connectivity index (χ0n) is 9.61. The lowest BCUT2D eigenvalue weighted by molar-refractivity contribution is 0.500. The van der Waals surface area contributed by atoms with Gasteiger partial charge >= 0.3 is 0 Å². The van der Waals surface area contributed by atoms with E-state index >= 15 is 0 Å². The fourth-order valence-corrected chi connectivity index (χ4v) is 6.25. The highest BCUT2D eigenvalue weighted by Gasteiger charge is 2.23. The van der Waals surface area contributed by atoms with Crippen molar-refractivity contribution in [1.29, 1.82) is 0 Å². The first-order valence-corrected chi connectivity index (χ1v) is 8.39. The summed E-state index contributed by atoms with van der Waals surface area (Å²) in [4.78, 5) is 0.164. The van der Waals surface area contributed by atoms with Crippen LogP contribution >= 0.6 is 59.1 Å². The van der Waals surface area contributed by atoms with Gasteiger partial charge in [0.1, 0.15) is 11.5 Å². The third-order valence-corrected chi connectivity index (χ3v) is 6.16. The molecule has 0 saturated carbocycles. The predicted molar refractivity (Wildman–Crippen MR) is 83.4 cm³/mol. The number of alkyl halides is 1. The van der Waals surface area contributed by atoms with Gasteiger partial charge in [0, 0.05) is 5.56 Å². The number of hydrogen-bond acceptors (Lipinski definition) is 2. The van der Waals surface area contributed by atoms with Gasteiger partial charge in [-0.15, -0.1) is 11.3 Å². The van der Waals surface area contributed by atoms with E-state index in [0.29, 0.717) is 0 Å². The van der Waals surface area contributed by atoms with Crippen LogP contribution < -0.4 is 0 Å². The second-order valence-electron chi connectivity index (χ2n) is 3.90. The van der Waals surface area contributed by atoms with Crippen molar-refractivity contribution in [3.63, 3.8) is 0 Å². The number of furan rings is 1. The second kappa shape index (κ2) is 5.19. The third kappa shape index (κ3) is 2.57. The van der Waals surface area contributed by atoms with Crippen LogP contribution in [0.15, 0.2) is 18.1 Å². The molecule has 5 heteroatoms. The zero-order chi connectivity index (χ0) is 12.7. The maximum Gasteiger partial charge on any atom is 0.106 e. The normalized spacial score (nSPS) is 13.1. The van der Waals surface area contributed by atoms with E-state index in [2.05, 4.69) is 60.8 Å². The van der Waals surface area contributed by atoms with Crippen LogP contribution in [0.4, 0.5) is 0 Å². The van der Waals surface area contributed by atoms with Crippen LogP contribution in [0.1, 0.15) is 33.0 Å². The van der Waals surface area contributed by atoms with Gasteiger partial charge in [0.15, 0.2) is 0 Å². The van der Waals surface area contributed by atoms with Crippen LogP contribution in [0, 0.1) is 20.8 Å². The Bertz CT molecular complexity index is 556. The summed E-state index contributed by atoms with van der Waals surface area (Å²) in [5, 5.41) is 0. The first-order chi connectivity index (χ1) is 7.91. The van der Waals surface area contributed by atoms with Gasteiger partial charge in [-0.1, -0.05) is 15.9 Å². The van der Waals surface area contributed by atoms with E-state index in [4.69, 9.17) is 4.42 Å². The Hall–Kier alpha value is 0.420. The van der Waals surface area contributed by atoms with E-state index in [0.717, 1.165) is 19.1 Å². The monoisotopic (exact) mass is 440 g/mol. The average Bonchev–Trinajstić information content (AvgIpc) is 2.68. The number of aryl methyl sites for hydroxylation is 2. The van der Waals surface area contributed by atoms with E-state index in [1.807, 2.05) is 13.8 Å². The van der Waals surface area contributed by atoms with Crippen LogP contribution in [-0.2, 0) is 0 Å². The predicted octanol–water partition coefficient (Wildman–Crippen LogP) is 6.28. The minimum Gasteiger partial charge on any atom is -0.466 e. The molecule has 0 aromatic carbocycles. The van der Waals surface area contributed by atoms with E-state index in [-0.39, 0.29) is 4.83 Å². The molecule has 0 amide bonds. The molecular weight excluding hydrogens is 432 g/mol. The van der Waals surface area contributed by atoms with E-state index in [1.165, 1.54) is 16.7 Å². The summed E-state index contributed by atoms with van der Waals surface area (Å²) in [7, 11) is 0. The SMILES string of the molecule is Cc1oc(C)c(C(Br)c2cc(Br)sc2Br)c1C. The average molecular weight is 443 g/mol. The topological polar surface area (TPSA) is 13.1 Å². The minimum absolute atomic E-state index is 0.164. The van der Waals surface area contributed by atoms with Crippen molar-refractivity contribution in [2.45, 2.75) is 25.6 Å². The molecule has 1 atom stereocenters. The molecule has 0 spiro atoms. The summed E-state index contributed by atoms with van der Waals surface area (Å²) in [6, 6.07) is 2.13. The quantitative estimate of drug-likeness (QED) is 0.499. The van der Waals surface area contributed by atoms with E-state index in [9.17, 15) is 0 Å². The Labute approximate surface area is 130 Å². The standard InChI is InChI=1S/C12H11Br3OS/c1-5-6(2)16-7(3)10(5)11(14)8-4-9(13)17-12(8)15/h4,11H,1-3H3. The number of hydrogen-bond donors (Lipinski definition) is 0. The van der Waals surface area contributed by atoms with Gasteiger partial charge in [-0.05, 0) is 69.8 Å². The fraction of sp³-hybridized carbons (Fsp3) is 0.333. The van der Waals surface area contributed by atoms with Crippen LogP contribution in [-0.4, -0.2) is 0 Å². The van der Waals surface area contributed by atoms with Crippen molar-refractivity contribution >= 4 is 59.1 Å². The maximum absolute atomic E-state index is 5.68. The van der Waals surface area contributed by atoms with Gasteiger partial charge in [0.25, 0.3) is 0 Å². The molecule has 2 aromatic heterocycles. The Morgan fingerprint density at radius 1 is 1.18 bits per heavy atom. The Kier molecular flexibility index (Phi) is 4.23. The Morgan fingerprint density at radius 2 is 1.82 bits per heavy atom. The maximum atomic E-state index is 5.68. The molecule has 1 nitrogen and oxygen atoms in total. The second-order valence-corrected chi connectivity index (χ2v) is 8.56. The summed E-state index contributed by atoms with van der Waals surface area (Å²) in [5.74, 6) is 1.98. The largest absolute Gasteiger partial charge is 0.466 e. The van der Waals surface area contributed by atoms with Crippen LogP contribution in [0.25, 0.3) is 0 Å². The van der Waals surface area contributed by atoms with Gasteiger partial charge < -0.3 is 4.42 Å². The van der Waals surface area contributed by atoms with Gasteiger partial charge in [-0.25, -0.2) is 0 Å². The highest BCUT2D eigenvalue weighted by Crippen LogP contribution is 2.44. The summed E-state index contributed by atoms with van der Waals surface area (Å²) in [6.07, 6.45) is 0.